The summed E-state index contributed by atoms with van der Waals surface area (Å²) in [6.07, 6.45) is 4.66. The first kappa shape index (κ1) is 14.9. The Hall–Kier alpha value is -1.51. The minimum Gasteiger partial charge on any atom is -0.399 e. The predicted octanol–water partition coefficient (Wildman–Crippen LogP) is 3.62. The summed E-state index contributed by atoms with van der Waals surface area (Å²) in [4.78, 5) is 14.6. The molecule has 2 N–H and O–H groups in total. The summed E-state index contributed by atoms with van der Waals surface area (Å²) in [5.41, 5.74) is 8.68. The van der Waals surface area contributed by atoms with E-state index in [1.807, 2.05) is 24.0 Å². The molecule has 1 heterocycles. The number of carbonyl (C=O) groups excluding carboxylic acids is 1. The van der Waals surface area contributed by atoms with Crippen molar-refractivity contribution < 1.29 is 4.79 Å². The van der Waals surface area contributed by atoms with Crippen LogP contribution in [-0.4, -0.2) is 23.9 Å². The molecule has 1 aliphatic heterocycles. The maximum Gasteiger partial charge on any atom is 0.254 e. The topological polar surface area (TPSA) is 46.3 Å². The minimum atomic E-state index is 0.135. The first-order valence-corrected chi connectivity index (χ1v) is 7.67. The van der Waals surface area contributed by atoms with E-state index in [2.05, 4.69) is 13.8 Å². The number of benzene rings is 1. The maximum atomic E-state index is 12.6. The molecule has 2 rings (SSSR count). The van der Waals surface area contributed by atoms with Gasteiger partial charge in [0.05, 0.1) is 0 Å². The van der Waals surface area contributed by atoms with Crippen molar-refractivity contribution in [3.63, 3.8) is 0 Å². The molecule has 0 radical (unpaired) electrons. The van der Waals surface area contributed by atoms with Crippen LogP contribution in [0.15, 0.2) is 18.2 Å². The SMILES string of the molecule is CCC1(CC)CCN(C(=O)c2cc(N)ccc2C)CC1. The number of anilines is 1. The lowest BCUT2D eigenvalue weighted by atomic mass is 9.74. The Morgan fingerprint density at radius 3 is 2.40 bits per heavy atom. The first-order chi connectivity index (χ1) is 9.51. The highest BCUT2D eigenvalue weighted by Crippen LogP contribution is 2.38. The average molecular weight is 274 g/mol. The quantitative estimate of drug-likeness (QED) is 0.856. The van der Waals surface area contributed by atoms with Gasteiger partial charge in [-0.3, -0.25) is 4.79 Å². The predicted molar refractivity (Wildman–Crippen MR) is 83.7 cm³/mol. The molecule has 1 fully saturated rings. The molecule has 1 saturated heterocycles. The van der Waals surface area contributed by atoms with Gasteiger partial charge in [0.25, 0.3) is 5.91 Å². The molecule has 20 heavy (non-hydrogen) atoms. The molecule has 0 spiro atoms. The molecule has 1 aromatic carbocycles. The van der Waals surface area contributed by atoms with E-state index in [1.165, 1.54) is 12.8 Å². The third-order valence-corrected chi connectivity index (χ3v) is 5.10. The molecule has 0 saturated carbocycles. The smallest absolute Gasteiger partial charge is 0.254 e. The van der Waals surface area contributed by atoms with Crippen molar-refractivity contribution in [3.05, 3.63) is 29.3 Å². The molecule has 0 bridgehead atoms. The lowest BCUT2D eigenvalue weighted by molar-refractivity contribution is 0.0557. The number of hydrogen-bond donors (Lipinski definition) is 1. The van der Waals surface area contributed by atoms with E-state index >= 15 is 0 Å². The van der Waals surface area contributed by atoms with Gasteiger partial charge in [-0.1, -0.05) is 32.8 Å². The van der Waals surface area contributed by atoms with E-state index in [4.69, 9.17) is 5.73 Å². The zero-order chi connectivity index (χ0) is 14.8. The highest BCUT2D eigenvalue weighted by molar-refractivity contribution is 5.96. The van der Waals surface area contributed by atoms with Gasteiger partial charge >= 0.3 is 0 Å². The maximum absolute atomic E-state index is 12.6. The molecule has 0 aromatic heterocycles. The van der Waals surface area contributed by atoms with Gasteiger partial charge in [-0.2, -0.15) is 0 Å². The second-order valence-electron chi connectivity index (χ2n) is 6.07. The number of nitrogens with zero attached hydrogens (tertiary/aromatic N) is 1. The van der Waals surface area contributed by atoms with Crippen molar-refractivity contribution in [2.75, 3.05) is 18.8 Å². The lowest BCUT2D eigenvalue weighted by Crippen LogP contribution is -2.43. The first-order valence-electron chi connectivity index (χ1n) is 7.67. The van der Waals surface area contributed by atoms with Gasteiger partial charge in [0.2, 0.25) is 0 Å². The molecular formula is C17H26N2O. The van der Waals surface area contributed by atoms with Gasteiger partial charge in [0.1, 0.15) is 0 Å². The Bertz CT molecular complexity index is 482. The van der Waals surface area contributed by atoms with Gasteiger partial charge in [0.15, 0.2) is 0 Å². The Labute approximate surface area is 122 Å². The molecule has 0 atom stereocenters. The zero-order valence-electron chi connectivity index (χ0n) is 12.9. The summed E-state index contributed by atoms with van der Waals surface area (Å²) < 4.78 is 0. The lowest BCUT2D eigenvalue weighted by Gasteiger charge is -2.41. The molecule has 3 heteroatoms. The zero-order valence-corrected chi connectivity index (χ0v) is 12.9. The van der Waals surface area contributed by atoms with Crippen molar-refractivity contribution in [1.82, 2.24) is 4.90 Å². The van der Waals surface area contributed by atoms with Crippen LogP contribution in [0.2, 0.25) is 0 Å². The fourth-order valence-electron chi connectivity index (χ4n) is 3.18. The van der Waals surface area contributed by atoms with Crippen molar-refractivity contribution in [2.45, 2.75) is 46.5 Å². The molecule has 1 aliphatic rings. The van der Waals surface area contributed by atoms with Crippen molar-refractivity contribution in [2.24, 2.45) is 5.41 Å². The van der Waals surface area contributed by atoms with Crippen LogP contribution >= 0.6 is 0 Å². The number of aryl methyl sites for hydroxylation is 1. The van der Waals surface area contributed by atoms with Gasteiger partial charge in [-0.05, 0) is 42.9 Å². The second-order valence-corrected chi connectivity index (χ2v) is 6.07. The van der Waals surface area contributed by atoms with Crippen LogP contribution < -0.4 is 5.73 Å². The number of nitrogen functional groups attached to an aromatic ring is 1. The van der Waals surface area contributed by atoms with Crippen LogP contribution in [0.25, 0.3) is 0 Å². The number of nitrogens with two attached hydrogens (primary N) is 1. The number of likely N-dealkylation sites (tertiary alicyclic amines) is 1. The van der Waals surface area contributed by atoms with Crippen LogP contribution in [0.3, 0.4) is 0 Å². The fraction of sp³-hybridized carbons (Fsp3) is 0.588. The number of rotatable bonds is 3. The highest BCUT2D eigenvalue weighted by Gasteiger charge is 2.33. The van der Waals surface area contributed by atoms with Crippen LogP contribution in [0.5, 0.6) is 0 Å². The largest absolute Gasteiger partial charge is 0.399 e. The second kappa shape index (κ2) is 5.86. The van der Waals surface area contributed by atoms with Crippen LogP contribution in [0.1, 0.15) is 55.5 Å². The van der Waals surface area contributed by atoms with Crippen LogP contribution in [0.4, 0.5) is 5.69 Å². The number of carbonyl (C=O) groups is 1. The van der Waals surface area contributed by atoms with E-state index in [9.17, 15) is 4.79 Å². The van der Waals surface area contributed by atoms with Crippen LogP contribution in [-0.2, 0) is 0 Å². The molecule has 3 nitrogen and oxygen atoms in total. The molecule has 1 aromatic rings. The summed E-state index contributed by atoms with van der Waals surface area (Å²) in [6, 6.07) is 5.58. The van der Waals surface area contributed by atoms with E-state index < -0.39 is 0 Å². The monoisotopic (exact) mass is 274 g/mol. The minimum absolute atomic E-state index is 0.135. The number of piperidine rings is 1. The van der Waals surface area contributed by atoms with Crippen molar-refractivity contribution in [1.29, 1.82) is 0 Å². The normalized spacial score (nSPS) is 18.1. The van der Waals surface area contributed by atoms with E-state index in [0.717, 1.165) is 37.1 Å². The Morgan fingerprint density at radius 1 is 1.25 bits per heavy atom. The van der Waals surface area contributed by atoms with Crippen molar-refractivity contribution >= 4 is 11.6 Å². The Balaban J connectivity index is 2.10. The molecular weight excluding hydrogens is 248 g/mol. The van der Waals surface area contributed by atoms with Crippen molar-refractivity contribution in [3.8, 4) is 0 Å². The standard InChI is InChI=1S/C17H26N2O/c1-4-17(5-2)8-10-19(11-9-17)16(20)15-12-14(18)7-6-13(15)3/h6-7,12H,4-5,8-11,18H2,1-3H3. The third kappa shape index (κ3) is 2.82. The Kier molecular flexibility index (Phi) is 4.36. The van der Waals surface area contributed by atoms with Crippen LogP contribution in [0, 0.1) is 12.3 Å². The van der Waals surface area contributed by atoms with Gasteiger partial charge in [0, 0.05) is 24.3 Å². The molecule has 0 unspecified atom stereocenters. The molecule has 0 aliphatic carbocycles. The Morgan fingerprint density at radius 2 is 1.85 bits per heavy atom. The average Bonchev–Trinajstić information content (AvgIpc) is 2.49. The van der Waals surface area contributed by atoms with E-state index in [-0.39, 0.29) is 5.91 Å². The molecule has 1 amide bonds. The van der Waals surface area contributed by atoms with E-state index in [0.29, 0.717) is 11.1 Å². The summed E-state index contributed by atoms with van der Waals surface area (Å²) in [5.74, 6) is 0.135. The number of hydrogen-bond acceptors (Lipinski definition) is 2. The molecule has 110 valence electrons. The van der Waals surface area contributed by atoms with E-state index in [1.54, 1.807) is 6.07 Å². The summed E-state index contributed by atoms with van der Waals surface area (Å²) in [6.45, 7) is 8.24. The number of amides is 1. The fourth-order valence-corrected chi connectivity index (χ4v) is 3.18. The summed E-state index contributed by atoms with van der Waals surface area (Å²) >= 11 is 0. The summed E-state index contributed by atoms with van der Waals surface area (Å²) in [7, 11) is 0. The van der Waals surface area contributed by atoms with Gasteiger partial charge in [-0.15, -0.1) is 0 Å². The summed E-state index contributed by atoms with van der Waals surface area (Å²) in [5, 5.41) is 0. The van der Waals surface area contributed by atoms with Gasteiger partial charge in [-0.25, -0.2) is 0 Å². The van der Waals surface area contributed by atoms with Gasteiger partial charge < -0.3 is 10.6 Å². The highest BCUT2D eigenvalue weighted by atomic mass is 16.2. The third-order valence-electron chi connectivity index (χ3n) is 5.10.